The third-order valence-corrected chi connectivity index (χ3v) is 7.66. The summed E-state index contributed by atoms with van der Waals surface area (Å²) in [4.78, 5) is 15.7. The molecule has 1 aliphatic heterocycles. The highest BCUT2D eigenvalue weighted by atomic mass is 32.2. The Balaban J connectivity index is 1.62. The van der Waals surface area contributed by atoms with E-state index < -0.39 is 11.5 Å². The fraction of sp³-hybridized carbons (Fsp3) is 0.500. The highest BCUT2D eigenvalue weighted by Gasteiger charge is 2.44. The zero-order valence-electron chi connectivity index (χ0n) is 18.9. The first-order chi connectivity index (χ1) is 15.0. The highest BCUT2D eigenvalue weighted by molar-refractivity contribution is 7.98. The van der Waals surface area contributed by atoms with Gasteiger partial charge in [0.15, 0.2) is 0 Å². The van der Waals surface area contributed by atoms with Crippen LogP contribution in [-0.2, 0) is 10.5 Å². The van der Waals surface area contributed by atoms with Gasteiger partial charge < -0.3 is 14.7 Å². The van der Waals surface area contributed by atoms with Crippen molar-refractivity contribution in [3.8, 4) is 5.75 Å². The molecule has 2 aromatic rings. The summed E-state index contributed by atoms with van der Waals surface area (Å²) in [5.41, 5.74) is 1.26. The Hall–Kier alpha value is -1.98. The van der Waals surface area contributed by atoms with Gasteiger partial charge in [0, 0.05) is 18.3 Å². The number of aliphatic hydroxyl groups excluding tert-OH is 1. The number of benzene rings is 2. The molecule has 1 heterocycles. The van der Waals surface area contributed by atoms with Crippen LogP contribution in [0.15, 0.2) is 54.6 Å². The second-order valence-electron chi connectivity index (χ2n) is 8.57. The minimum absolute atomic E-state index is 0.0777. The average molecular weight is 442 g/mol. The standard InChI is InChI=1S/C26H35NO3S/c1-4-26(2,24(28)21-12-14-23(30-3)15-13-21)25(29)27-17-8-11-22(27)16-18-31-19-20-9-6-5-7-10-20/h5-7,9-10,12-15,22,24,28H,4,8,11,16-19H2,1-3H3/t22-,24-,26+/m0/s1. The SMILES string of the molecule is CC[C@@](C)(C(=O)N1CCC[C@H]1CCSCc1ccccc1)[C@@H](O)c1ccc(OC)cc1. The molecule has 0 spiro atoms. The molecule has 1 N–H and O–H groups in total. The number of rotatable bonds is 10. The van der Waals surface area contributed by atoms with Crippen LogP contribution in [0.25, 0.3) is 0 Å². The maximum atomic E-state index is 13.6. The second-order valence-corrected chi connectivity index (χ2v) is 9.67. The summed E-state index contributed by atoms with van der Waals surface area (Å²) in [6.07, 6.45) is 2.84. The molecule has 1 amide bonds. The first kappa shape index (κ1) is 23.7. The first-order valence-corrected chi connectivity index (χ1v) is 12.4. The van der Waals surface area contributed by atoms with Crippen LogP contribution in [-0.4, -0.2) is 41.4 Å². The van der Waals surface area contributed by atoms with Crippen LogP contribution in [0.4, 0.5) is 0 Å². The number of aliphatic hydroxyl groups is 1. The van der Waals surface area contributed by atoms with Crippen molar-refractivity contribution in [2.45, 2.75) is 57.4 Å². The lowest BCUT2D eigenvalue weighted by Gasteiger charge is -2.38. The summed E-state index contributed by atoms with van der Waals surface area (Å²) >= 11 is 1.93. The Kier molecular flexibility index (Phi) is 8.44. The number of carbonyl (C=O) groups is 1. The number of likely N-dealkylation sites (tertiary alicyclic amines) is 1. The summed E-state index contributed by atoms with van der Waals surface area (Å²) in [6, 6.07) is 18.2. The molecule has 0 aromatic heterocycles. The van der Waals surface area contributed by atoms with Crippen molar-refractivity contribution in [1.29, 1.82) is 0 Å². The predicted molar refractivity (Wildman–Crippen MR) is 128 cm³/mol. The van der Waals surface area contributed by atoms with E-state index in [0.29, 0.717) is 6.42 Å². The zero-order chi connectivity index (χ0) is 22.3. The van der Waals surface area contributed by atoms with E-state index in [9.17, 15) is 9.90 Å². The van der Waals surface area contributed by atoms with Gasteiger partial charge in [0.1, 0.15) is 5.75 Å². The van der Waals surface area contributed by atoms with Crippen LogP contribution in [0.2, 0.25) is 0 Å². The molecular weight excluding hydrogens is 406 g/mol. The van der Waals surface area contributed by atoms with Gasteiger partial charge in [-0.2, -0.15) is 11.8 Å². The number of thioether (sulfide) groups is 1. The first-order valence-electron chi connectivity index (χ1n) is 11.2. The fourth-order valence-corrected chi connectivity index (χ4v) is 5.34. The van der Waals surface area contributed by atoms with Gasteiger partial charge in [-0.1, -0.05) is 49.4 Å². The molecule has 3 rings (SSSR count). The maximum absolute atomic E-state index is 13.6. The summed E-state index contributed by atoms with van der Waals surface area (Å²) in [6.45, 7) is 4.69. The third-order valence-electron chi connectivity index (χ3n) is 6.60. The lowest BCUT2D eigenvalue weighted by molar-refractivity contribution is -0.149. The Bertz CT molecular complexity index is 826. The van der Waals surface area contributed by atoms with Crippen molar-refractivity contribution >= 4 is 17.7 Å². The van der Waals surface area contributed by atoms with E-state index >= 15 is 0 Å². The molecule has 3 atom stereocenters. The minimum Gasteiger partial charge on any atom is -0.497 e. The number of methoxy groups -OCH3 is 1. The van der Waals surface area contributed by atoms with Gasteiger partial charge in [-0.15, -0.1) is 0 Å². The number of hydrogen-bond donors (Lipinski definition) is 1. The number of ether oxygens (including phenoxy) is 1. The number of carbonyl (C=O) groups excluding carboxylic acids is 1. The van der Waals surface area contributed by atoms with Gasteiger partial charge in [-0.05, 0) is 61.6 Å². The van der Waals surface area contributed by atoms with E-state index in [1.807, 2.05) is 60.8 Å². The van der Waals surface area contributed by atoms with E-state index in [4.69, 9.17) is 4.74 Å². The van der Waals surface area contributed by atoms with E-state index in [-0.39, 0.29) is 11.9 Å². The topological polar surface area (TPSA) is 49.8 Å². The molecule has 0 unspecified atom stereocenters. The van der Waals surface area contributed by atoms with Crippen LogP contribution in [0.3, 0.4) is 0 Å². The maximum Gasteiger partial charge on any atom is 0.231 e. The van der Waals surface area contributed by atoms with E-state index in [1.165, 1.54) is 5.56 Å². The van der Waals surface area contributed by atoms with Crippen LogP contribution < -0.4 is 4.74 Å². The lowest BCUT2D eigenvalue weighted by atomic mass is 9.77. The molecule has 31 heavy (non-hydrogen) atoms. The zero-order valence-corrected chi connectivity index (χ0v) is 19.7. The van der Waals surface area contributed by atoms with Crippen molar-refractivity contribution in [1.82, 2.24) is 4.90 Å². The van der Waals surface area contributed by atoms with Gasteiger partial charge in [0.2, 0.25) is 5.91 Å². The summed E-state index contributed by atoms with van der Waals surface area (Å²) in [5, 5.41) is 11.2. The summed E-state index contributed by atoms with van der Waals surface area (Å²) in [7, 11) is 1.62. The van der Waals surface area contributed by atoms with E-state index in [1.54, 1.807) is 7.11 Å². The Labute approximate surface area is 191 Å². The average Bonchev–Trinajstić information content (AvgIpc) is 3.29. The molecule has 1 saturated heterocycles. The quantitative estimate of drug-likeness (QED) is 0.498. The Morgan fingerprint density at radius 2 is 1.94 bits per heavy atom. The monoisotopic (exact) mass is 441 g/mol. The largest absolute Gasteiger partial charge is 0.497 e. The molecule has 0 bridgehead atoms. The Morgan fingerprint density at radius 3 is 2.58 bits per heavy atom. The predicted octanol–water partition coefficient (Wildman–Crippen LogP) is 5.46. The van der Waals surface area contributed by atoms with Crippen LogP contribution in [0, 0.1) is 5.41 Å². The highest BCUT2D eigenvalue weighted by Crippen LogP contribution is 2.41. The second kappa shape index (κ2) is 11.1. The molecule has 2 aromatic carbocycles. The fourth-order valence-electron chi connectivity index (χ4n) is 4.33. The molecule has 5 heteroatoms. The van der Waals surface area contributed by atoms with Gasteiger partial charge in [-0.25, -0.2) is 0 Å². The molecular formula is C26H35NO3S. The molecule has 4 nitrogen and oxygen atoms in total. The lowest BCUT2D eigenvalue weighted by Crippen LogP contribution is -2.47. The molecule has 0 aliphatic carbocycles. The number of nitrogens with zero attached hydrogens (tertiary/aromatic N) is 1. The number of amides is 1. The molecule has 0 saturated carbocycles. The molecule has 0 radical (unpaired) electrons. The van der Waals surface area contributed by atoms with E-state index in [0.717, 1.165) is 48.6 Å². The summed E-state index contributed by atoms with van der Waals surface area (Å²) in [5.74, 6) is 2.86. The van der Waals surface area contributed by atoms with Crippen molar-refractivity contribution in [3.05, 3.63) is 65.7 Å². The van der Waals surface area contributed by atoms with Crippen LogP contribution in [0.5, 0.6) is 5.75 Å². The normalized spacial score (nSPS) is 19.1. The van der Waals surface area contributed by atoms with Gasteiger partial charge in [-0.3, -0.25) is 4.79 Å². The molecule has 1 fully saturated rings. The molecule has 168 valence electrons. The minimum atomic E-state index is -0.843. The van der Waals surface area contributed by atoms with Crippen LogP contribution in [0.1, 0.15) is 56.8 Å². The smallest absolute Gasteiger partial charge is 0.231 e. The van der Waals surface area contributed by atoms with Gasteiger partial charge in [0.05, 0.1) is 18.6 Å². The van der Waals surface area contributed by atoms with Gasteiger partial charge >= 0.3 is 0 Å². The van der Waals surface area contributed by atoms with Crippen molar-refractivity contribution in [3.63, 3.8) is 0 Å². The third kappa shape index (κ3) is 5.64. The molecule has 1 aliphatic rings. The number of hydrogen-bond acceptors (Lipinski definition) is 4. The summed E-state index contributed by atoms with van der Waals surface area (Å²) < 4.78 is 5.22. The van der Waals surface area contributed by atoms with Crippen molar-refractivity contribution in [2.24, 2.45) is 5.41 Å². The van der Waals surface area contributed by atoms with Crippen molar-refractivity contribution < 1.29 is 14.6 Å². The van der Waals surface area contributed by atoms with Gasteiger partial charge in [0.25, 0.3) is 0 Å². The van der Waals surface area contributed by atoms with E-state index in [2.05, 4.69) is 24.3 Å². The van der Waals surface area contributed by atoms with Crippen molar-refractivity contribution in [2.75, 3.05) is 19.4 Å². The Morgan fingerprint density at radius 1 is 1.23 bits per heavy atom. The van der Waals surface area contributed by atoms with Crippen LogP contribution >= 0.6 is 11.8 Å².